The summed E-state index contributed by atoms with van der Waals surface area (Å²) in [6, 6.07) is 11.9. The summed E-state index contributed by atoms with van der Waals surface area (Å²) in [5, 5.41) is 19.2. The number of nitro benzene ring substituents is 1. The lowest BCUT2D eigenvalue weighted by atomic mass is 10.2. The maximum Gasteiger partial charge on any atom is 0.271 e. The normalized spacial score (nSPS) is 11.7. The summed E-state index contributed by atoms with van der Waals surface area (Å²) in [6.07, 6.45) is 0. The molecule has 0 aromatic heterocycles. The van der Waals surface area contributed by atoms with Gasteiger partial charge in [-0.2, -0.15) is 5.11 Å². The molecule has 13 heteroatoms. The van der Waals surface area contributed by atoms with Crippen molar-refractivity contribution in [1.29, 1.82) is 0 Å². The lowest BCUT2D eigenvalue weighted by molar-refractivity contribution is -0.868. The molecule has 0 saturated carbocycles. The highest BCUT2D eigenvalue weighted by Crippen LogP contribution is 2.30. The molecule has 33 heavy (non-hydrogen) atoms. The Morgan fingerprint density at radius 3 is 2.12 bits per heavy atom. The third kappa shape index (κ3) is 11.2. The zero-order valence-electron chi connectivity index (χ0n) is 19.1. The van der Waals surface area contributed by atoms with Gasteiger partial charge >= 0.3 is 0 Å². The highest BCUT2D eigenvalue weighted by molar-refractivity contribution is 7.80. The molecule has 182 valence electrons. The molecule has 11 nitrogen and oxygen atoms in total. The van der Waals surface area contributed by atoms with Crippen LogP contribution in [-0.2, 0) is 14.6 Å². The summed E-state index contributed by atoms with van der Waals surface area (Å²) < 4.78 is 31.9. The first-order chi connectivity index (χ1) is 15.3. The van der Waals surface area contributed by atoms with Crippen LogP contribution in [0.3, 0.4) is 0 Å². The van der Waals surface area contributed by atoms with Gasteiger partial charge in [0.25, 0.3) is 5.69 Å². The van der Waals surface area contributed by atoms with Crippen molar-refractivity contribution in [2.45, 2.75) is 6.92 Å². The first kappa shape index (κ1) is 28.4. The Bertz CT molecular complexity index is 1060. The number of hydrogen-bond donors (Lipinski definition) is 0. The predicted octanol–water partition coefficient (Wildman–Crippen LogP) is 4.29. The Balaban J connectivity index is 0.000000801. The minimum absolute atomic E-state index is 0.0724. The van der Waals surface area contributed by atoms with E-state index in [0.717, 1.165) is 36.9 Å². The monoisotopic (exact) mass is 501 g/mol. The summed E-state index contributed by atoms with van der Waals surface area (Å²) in [4.78, 5) is 12.6. The standard InChI is InChI=1S/C19H25ClN5O2.CH4O4S/c1-5-23(12-13-25(2,3)4)16-8-6-15(7-9-16)21-22-19-11-10-17(24(26)27)14-18(19)20;1-5-6(2,3)4/h6-11,14H,5,12-13H2,1-4H3;1H3,(H,2,3,4)/q+1;/p-1/b22-21+;. The van der Waals surface area contributed by atoms with Crippen molar-refractivity contribution in [3.8, 4) is 0 Å². The number of nitrogens with zero attached hydrogens (tertiary/aromatic N) is 5. The van der Waals surface area contributed by atoms with Crippen LogP contribution in [0.1, 0.15) is 6.92 Å². The van der Waals surface area contributed by atoms with Gasteiger partial charge < -0.3 is 13.9 Å². The number of likely N-dealkylation sites (N-methyl/N-ethyl adjacent to an activating group) is 2. The van der Waals surface area contributed by atoms with Gasteiger partial charge in [-0.25, -0.2) is 8.42 Å². The van der Waals surface area contributed by atoms with E-state index in [-0.39, 0.29) is 10.7 Å². The topological polar surface area (TPSA) is 138 Å². The zero-order valence-corrected chi connectivity index (χ0v) is 20.7. The molecule has 2 aromatic rings. The molecule has 0 aliphatic heterocycles. The van der Waals surface area contributed by atoms with Gasteiger partial charge in [-0.15, -0.1) is 5.11 Å². The molecule has 0 heterocycles. The molecule has 0 aliphatic rings. The second-order valence-corrected chi connectivity index (χ2v) is 9.33. The Morgan fingerprint density at radius 1 is 1.12 bits per heavy atom. The van der Waals surface area contributed by atoms with Crippen LogP contribution in [0.25, 0.3) is 0 Å². The zero-order chi connectivity index (χ0) is 25.2. The van der Waals surface area contributed by atoms with E-state index >= 15 is 0 Å². The molecule has 0 radical (unpaired) electrons. The fraction of sp³-hybridized carbons (Fsp3) is 0.400. The maximum absolute atomic E-state index is 10.7. The van der Waals surface area contributed by atoms with Gasteiger partial charge in [0, 0.05) is 24.4 Å². The molecule has 2 aromatic carbocycles. The third-order valence-electron chi connectivity index (χ3n) is 4.26. The van der Waals surface area contributed by atoms with Gasteiger partial charge in [0.15, 0.2) is 0 Å². The van der Waals surface area contributed by atoms with E-state index in [0.29, 0.717) is 11.4 Å². The summed E-state index contributed by atoms with van der Waals surface area (Å²) in [6.45, 7) is 5.09. The molecule has 0 spiro atoms. The van der Waals surface area contributed by atoms with Crippen LogP contribution in [0, 0.1) is 10.1 Å². The Morgan fingerprint density at radius 2 is 1.70 bits per heavy atom. The van der Waals surface area contributed by atoms with Crippen molar-refractivity contribution < 1.29 is 26.6 Å². The fourth-order valence-corrected chi connectivity index (χ4v) is 2.64. The molecule has 0 fully saturated rings. The average Bonchev–Trinajstić information content (AvgIpc) is 2.73. The first-order valence-electron chi connectivity index (χ1n) is 9.78. The van der Waals surface area contributed by atoms with Crippen LogP contribution in [0.5, 0.6) is 0 Å². The molecule has 0 unspecified atom stereocenters. The van der Waals surface area contributed by atoms with Crippen LogP contribution in [-0.4, -0.2) is 70.3 Å². The van der Waals surface area contributed by atoms with Crippen LogP contribution in [0.2, 0.25) is 5.02 Å². The second-order valence-electron chi connectivity index (χ2n) is 7.78. The minimum Gasteiger partial charge on any atom is -0.726 e. The third-order valence-corrected chi connectivity index (χ3v) is 4.97. The highest BCUT2D eigenvalue weighted by atomic mass is 35.5. The lowest BCUT2D eigenvalue weighted by Gasteiger charge is -2.29. The number of anilines is 1. The fourth-order valence-electron chi connectivity index (χ4n) is 2.42. The van der Waals surface area contributed by atoms with Gasteiger partial charge in [0.05, 0.1) is 57.0 Å². The van der Waals surface area contributed by atoms with Gasteiger partial charge in [-0.05, 0) is 37.3 Å². The average molecular weight is 502 g/mol. The Hall–Kier alpha value is -2.64. The molecular formula is C20H28ClN5O6S. The quantitative estimate of drug-likeness (QED) is 0.125. The number of quaternary nitrogens is 1. The smallest absolute Gasteiger partial charge is 0.271 e. The van der Waals surface area contributed by atoms with Crippen molar-refractivity contribution >= 4 is 44.7 Å². The largest absolute Gasteiger partial charge is 0.726 e. The number of nitro groups is 1. The SMILES string of the molecule is CCN(CC[N+](C)(C)C)c1ccc(/N=N/c2ccc([N+](=O)[O-])cc2Cl)cc1.COS(=O)(=O)[O-]. The number of non-ortho nitro benzene ring substituents is 1. The number of halogens is 1. The highest BCUT2D eigenvalue weighted by Gasteiger charge is 2.12. The van der Waals surface area contributed by atoms with E-state index in [1.807, 2.05) is 24.3 Å². The summed E-state index contributed by atoms with van der Waals surface area (Å²) in [5.74, 6) is 0. The number of rotatable bonds is 9. The Labute approximate surface area is 198 Å². The first-order valence-corrected chi connectivity index (χ1v) is 11.5. The van der Waals surface area contributed by atoms with Crippen molar-refractivity contribution in [1.82, 2.24) is 0 Å². The summed E-state index contributed by atoms with van der Waals surface area (Å²) in [5.41, 5.74) is 2.15. The van der Waals surface area contributed by atoms with E-state index in [2.05, 4.69) is 47.4 Å². The molecule has 0 saturated heterocycles. The van der Waals surface area contributed by atoms with Gasteiger partial charge in [0.1, 0.15) is 5.69 Å². The van der Waals surface area contributed by atoms with Crippen molar-refractivity contribution in [2.75, 3.05) is 52.8 Å². The maximum atomic E-state index is 10.7. The van der Waals surface area contributed by atoms with E-state index in [4.69, 9.17) is 11.6 Å². The van der Waals surface area contributed by atoms with Crippen LogP contribution < -0.4 is 4.90 Å². The van der Waals surface area contributed by atoms with Crippen molar-refractivity contribution in [3.63, 3.8) is 0 Å². The molecule has 0 bridgehead atoms. The molecule has 0 atom stereocenters. The number of hydrogen-bond acceptors (Lipinski definition) is 9. The molecule has 2 rings (SSSR count). The molecule has 0 N–H and O–H groups in total. The van der Waals surface area contributed by atoms with Crippen LogP contribution >= 0.6 is 11.6 Å². The minimum atomic E-state index is -4.41. The number of benzene rings is 2. The van der Waals surface area contributed by atoms with Crippen molar-refractivity contribution in [2.24, 2.45) is 10.2 Å². The van der Waals surface area contributed by atoms with Crippen LogP contribution in [0.4, 0.5) is 22.7 Å². The van der Waals surface area contributed by atoms with Crippen LogP contribution in [0.15, 0.2) is 52.7 Å². The van der Waals surface area contributed by atoms with Gasteiger partial charge in [-0.1, -0.05) is 11.6 Å². The predicted molar refractivity (Wildman–Crippen MR) is 126 cm³/mol. The van der Waals surface area contributed by atoms with Crippen molar-refractivity contribution in [3.05, 3.63) is 57.6 Å². The molecule has 0 aliphatic carbocycles. The van der Waals surface area contributed by atoms with Gasteiger partial charge in [-0.3, -0.25) is 14.3 Å². The number of azo groups is 1. The second kappa shape index (κ2) is 12.6. The molecule has 0 amide bonds. The summed E-state index contributed by atoms with van der Waals surface area (Å²) >= 11 is 6.03. The lowest BCUT2D eigenvalue weighted by Crippen LogP contribution is -2.42. The van der Waals surface area contributed by atoms with E-state index in [1.54, 1.807) is 0 Å². The van der Waals surface area contributed by atoms with E-state index in [9.17, 15) is 23.1 Å². The summed E-state index contributed by atoms with van der Waals surface area (Å²) in [7, 11) is 2.94. The van der Waals surface area contributed by atoms with E-state index < -0.39 is 15.3 Å². The Kier molecular flexibility index (Phi) is 10.8. The van der Waals surface area contributed by atoms with E-state index in [1.165, 1.54) is 18.2 Å². The van der Waals surface area contributed by atoms with Gasteiger partial charge in [0.2, 0.25) is 10.4 Å². The molecular weight excluding hydrogens is 474 g/mol.